The van der Waals surface area contributed by atoms with Gasteiger partial charge in [0.05, 0.1) is 0 Å². The van der Waals surface area contributed by atoms with Gasteiger partial charge in [-0.05, 0) is 48.9 Å². The van der Waals surface area contributed by atoms with Gasteiger partial charge in [-0.15, -0.1) is 0 Å². The van der Waals surface area contributed by atoms with E-state index in [1.54, 1.807) is 0 Å². The van der Waals surface area contributed by atoms with E-state index in [-0.39, 0.29) is 0 Å². The molecule has 1 aliphatic rings. The fourth-order valence-electron chi connectivity index (χ4n) is 3.64. The van der Waals surface area contributed by atoms with Gasteiger partial charge in [0, 0.05) is 52.1 Å². The smallest absolute Gasteiger partial charge is 0.191 e. The number of aliphatic imine (C=N–C) groups is 1. The first kappa shape index (κ1) is 21.2. The second kappa shape index (κ2) is 11.5. The van der Waals surface area contributed by atoms with Crippen LogP contribution in [0.2, 0.25) is 0 Å². The van der Waals surface area contributed by atoms with Crippen molar-refractivity contribution in [2.24, 2.45) is 4.99 Å². The highest BCUT2D eigenvalue weighted by Gasteiger charge is 2.17. The first-order valence-electron chi connectivity index (χ1n) is 10.7. The van der Waals surface area contributed by atoms with Crippen LogP contribution < -0.4 is 15.5 Å². The van der Waals surface area contributed by atoms with E-state index in [4.69, 9.17) is 4.74 Å². The van der Waals surface area contributed by atoms with Crippen LogP contribution in [-0.2, 0) is 24.2 Å². The maximum atomic E-state index is 5.36. The number of hydrogen-bond donors (Lipinski definition) is 2. The summed E-state index contributed by atoms with van der Waals surface area (Å²) in [4.78, 5) is 6.77. The Balaban J connectivity index is 1.41. The minimum Gasteiger partial charge on any atom is -0.382 e. The molecule has 5 nitrogen and oxygen atoms in total. The molecule has 1 aliphatic heterocycles. The lowest BCUT2D eigenvalue weighted by molar-refractivity contribution is 0.143. The van der Waals surface area contributed by atoms with Crippen LogP contribution in [0.25, 0.3) is 0 Å². The topological polar surface area (TPSA) is 48.9 Å². The molecule has 0 radical (unpaired) electrons. The zero-order valence-corrected chi connectivity index (χ0v) is 17.8. The number of guanidine groups is 1. The number of nitrogens with one attached hydrogen (secondary N) is 2. The number of para-hydroxylation sites is 1. The van der Waals surface area contributed by atoms with Gasteiger partial charge < -0.3 is 20.3 Å². The molecule has 2 N–H and O–H groups in total. The average Bonchev–Trinajstić information content (AvgIpc) is 3.16. The summed E-state index contributed by atoms with van der Waals surface area (Å²) in [6.07, 6.45) is 3.30. The summed E-state index contributed by atoms with van der Waals surface area (Å²) in [5.41, 5.74) is 5.46. The summed E-state index contributed by atoms with van der Waals surface area (Å²) < 4.78 is 5.36. The number of unbranched alkanes of at least 4 members (excludes halogenated alkanes) is 1. The maximum absolute atomic E-state index is 5.36. The number of nitrogens with zero attached hydrogens (tertiary/aromatic N) is 2. The molecule has 0 bridgehead atoms. The Labute approximate surface area is 175 Å². The number of ether oxygens (including phenoxy) is 1. The first-order valence-corrected chi connectivity index (χ1v) is 10.7. The second-order valence-electron chi connectivity index (χ2n) is 7.37. The molecule has 0 fully saturated rings. The lowest BCUT2D eigenvalue weighted by Crippen LogP contribution is -2.37. The quantitative estimate of drug-likeness (QED) is 0.366. The van der Waals surface area contributed by atoms with Gasteiger partial charge in [0.25, 0.3) is 0 Å². The SMILES string of the molecule is CCOCCCCNC(=NC)NCc1ccc(CN2CCc3ccccc32)cc1. The molecule has 156 valence electrons. The van der Waals surface area contributed by atoms with Crippen LogP contribution >= 0.6 is 0 Å². The van der Waals surface area contributed by atoms with Crippen molar-refractivity contribution >= 4 is 11.6 Å². The maximum Gasteiger partial charge on any atom is 0.191 e. The third-order valence-corrected chi connectivity index (χ3v) is 5.28. The lowest BCUT2D eigenvalue weighted by Gasteiger charge is -2.19. The molecule has 0 saturated carbocycles. The summed E-state index contributed by atoms with van der Waals surface area (Å²) >= 11 is 0. The summed E-state index contributed by atoms with van der Waals surface area (Å²) in [6, 6.07) is 17.6. The van der Waals surface area contributed by atoms with Crippen LogP contribution in [-0.4, -0.2) is 39.3 Å². The van der Waals surface area contributed by atoms with E-state index in [1.807, 2.05) is 14.0 Å². The highest BCUT2D eigenvalue weighted by Crippen LogP contribution is 2.28. The Morgan fingerprint density at radius 2 is 1.83 bits per heavy atom. The highest BCUT2D eigenvalue weighted by atomic mass is 16.5. The largest absolute Gasteiger partial charge is 0.382 e. The summed E-state index contributed by atoms with van der Waals surface area (Å²) in [5.74, 6) is 0.846. The zero-order valence-electron chi connectivity index (χ0n) is 17.8. The van der Waals surface area contributed by atoms with Crippen molar-refractivity contribution in [2.75, 3.05) is 38.3 Å². The van der Waals surface area contributed by atoms with Crippen LogP contribution in [0.1, 0.15) is 36.5 Å². The zero-order chi connectivity index (χ0) is 20.3. The van der Waals surface area contributed by atoms with E-state index in [1.165, 1.54) is 22.4 Å². The third-order valence-electron chi connectivity index (χ3n) is 5.28. The first-order chi connectivity index (χ1) is 14.3. The predicted molar refractivity (Wildman–Crippen MR) is 122 cm³/mol. The van der Waals surface area contributed by atoms with E-state index < -0.39 is 0 Å². The molecule has 0 unspecified atom stereocenters. The molecule has 0 aromatic heterocycles. The molecule has 0 spiro atoms. The van der Waals surface area contributed by atoms with Crippen molar-refractivity contribution in [1.29, 1.82) is 0 Å². The molecule has 1 heterocycles. The fraction of sp³-hybridized carbons (Fsp3) is 0.458. The standard InChI is InChI=1S/C24H34N4O/c1-3-29-17-7-6-15-26-24(25-2)27-18-20-10-12-21(13-11-20)19-28-16-14-22-8-4-5-9-23(22)28/h4-5,8-13H,3,6-7,14-19H2,1-2H3,(H2,25,26,27). The average molecular weight is 395 g/mol. The van der Waals surface area contributed by atoms with Crippen molar-refractivity contribution < 1.29 is 4.74 Å². The Bertz CT molecular complexity index is 773. The van der Waals surface area contributed by atoms with Crippen LogP contribution in [0.4, 0.5) is 5.69 Å². The van der Waals surface area contributed by atoms with Gasteiger partial charge in [-0.25, -0.2) is 0 Å². The molecule has 5 heteroatoms. The van der Waals surface area contributed by atoms with Crippen molar-refractivity contribution in [2.45, 2.75) is 39.3 Å². The van der Waals surface area contributed by atoms with Gasteiger partial charge in [-0.3, -0.25) is 4.99 Å². The highest BCUT2D eigenvalue weighted by molar-refractivity contribution is 5.79. The van der Waals surface area contributed by atoms with Gasteiger partial charge >= 0.3 is 0 Å². The second-order valence-corrected chi connectivity index (χ2v) is 7.37. The normalized spacial score (nSPS) is 13.4. The van der Waals surface area contributed by atoms with E-state index in [0.717, 1.165) is 64.6 Å². The monoisotopic (exact) mass is 394 g/mol. The number of benzene rings is 2. The van der Waals surface area contributed by atoms with Crippen molar-refractivity contribution in [3.8, 4) is 0 Å². The van der Waals surface area contributed by atoms with Crippen molar-refractivity contribution in [3.63, 3.8) is 0 Å². The number of rotatable bonds is 10. The van der Waals surface area contributed by atoms with Gasteiger partial charge in [0.2, 0.25) is 0 Å². The van der Waals surface area contributed by atoms with E-state index in [9.17, 15) is 0 Å². The number of fused-ring (bicyclic) bond motifs is 1. The molecule has 0 aliphatic carbocycles. The molecule has 0 atom stereocenters. The van der Waals surface area contributed by atoms with E-state index >= 15 is 0 Å². The molecule has 2 aromatic carbocycles. The van der Waals surface area contributed by atoms with Gasteiger partial charge in [-0.1, -0.05) is 42.5 Å². The van der Waals surface area contributed by atoms with E-state index in [0.29, 0.717) is 0 Å². The summed E-state index contributed by atoms with van der Waals surface area (Å²) in [5, 5.41) is 6.75. The molecule has 0 amide bonds. The van der Waals surface area contributed by atoms with Gasteiger partial charge in [-0.2, -0.15) is 0 Å². The number of anilines is 1. The Morgan fingerprint density at radius 3 is 2.62 bits per heavy atom. The Morgan fingerprint density at radius 1 is 1.03 bits per heavy atom. The Hall–Kier alpha value is -2.53. The third kappa shape index (κ3) is 6.50. The van der Waals surface area contributed by atoms with Gasteiger partial charge in [0.15, 0.2) is 5.96 Å². The molecular weight excluding hydrogens is 360 g/mol. The fourth-order valence-corrected chi connectivity index (χ4v) is 3.64. The van der Waals surface area contributed by atoms with Crippen LogP contribution in [0.5, 0.6) is 0 Å². The van der Waals surface area contributed by atoms with Crippen LogP contribution in [0.3, 0.4) is 0 Å². The molecule has 29 heavy (non-hydrogen) atoms. The Kier molecular flexibility index (Phi) is 8.38. The predicted octanol–water partition coefficient (Wildman–Crippen LogP) is 3.73. The lowest BCUT2D eigenvalue weighted by atomic mass is 10.1. The van der Waals surface area contributed by atoms with Crippen LogP contribution in [0, 0.1) is 0 Å². The molecular formula is C24H34N4O. The van der Waals surface area contributed by atoms with Gasteiger partial charge in [0.1, 0.15) is 0 Å². The van der Waals surface area contributed by atoms with Crippen molar-refractivity contribution in [3.05, 3.63) is 65.2 Å². The summed E-state index contributed by atoms with van der Waals surface area (Å²) in [7, 11) is 1.81. The summed E-state index contributed by atoms with van der Waals surface area (Å²) in [6.45, 7) is 7.40. The minimum atomic E-state index is 0.769. The molecule has 3 rings (SSSR count). The van der Waals surface area contributed by atoms with E-state index in [2.05, 4.69) is 69.1 Å². The number of hydrogen-bond acceptors (Lipinski definition) is 3. The minimum absolute atomic E-state index is 0.769. The van der Waals surface area contributed by atoms with Crippen molar-refractivity contribution in [1.82, 2.24) is 10.6 Å². The molecule has 2 aromatic rings. The molecule has 0 saturated heterocycles. The van der Waals surface area contributed by atoms with Crippen LogP contribution in [0.15, 0.2) is 53.5 Å².